The largest absolute Gasteiger partial charge is 0.496 e. The molecule has 2 aliphatic rings. The highest BCUT2D eigenvalue weighted by molar-refractivity contribution is 7.91. The predicted octanol–water partition coefficient (Wildman–Crippen LogP) is 17.8. The summed E-state index contributed by atoms with van der Waals surface area (Å²) in [5.41, 5.74) is 11.3. The normalized spacial score (nSPS) is 14.8. The first-order valence-electron chi connectivity index (χ1n) is 29.6. The Balaban J connectivity index is 1.02. The summed E-state index contributed by atoms with van der Waals surface area (Å²) >= 11 is 0. The molecule has 0 saturated heterocycles. The average molecular weight is 1010 g/mol. The number of nitrogens with zero attached hydrogens (tertiary/aromatic N) is 4. The number of rotatable bonds is 36. The van der Waals surface area contributed by atoms with E-state index in [9.17, 15) is 8.42 Å². The molecule has 5 aromatic rings. The van der Waals surface area contributed by atoms with Crippen molar-refractivity contribution in [1.82, 2.24) is 19.8 Å². The Hall–Kier alpha value is -4.59. The van der Waals surface area contributed by atoms with Gasteiger partial charge in [-0.1, -0.05) is 229 Å². The fourth-order valence-corrected chi connectivity index (χ4v) is 13.6. The first kappa shape index (κ1) is 56.1. The lowest BCUT2D eigenvalue weighted by atomic mass is 9.77. The van der Waals surface area contributed by atoms with Crippen LogP contribution in [-0.2, 0) is 21.7 Å². The Kier molecular flexibility index (Phi) is 23.1. The van der Waals surface area contributed by atoms with Gasteiger partial charge in [-0.3, -0.25) is 5.10 Å². The molecule has 7 rings (SSSR count). The lowest BCUT2D eigenvalue weighted by molar-refractivity contribution is 0.416. The van der Waals surface area contributed by atoms with Gasteiger partial charge in [-0.2, -0.15) is 0 Å². The molecule has 0 atom stereocenters. The summed E-state index contributed by atoms with van der Waals surface area (Å²) < 4.78 is 34.0. The zero-order chi connectivity index (χ0) is 51.0. The Morgan fingerprint density at radius 3 is 1.85 bits per heavy atom. The summed E-state index contributed by atoms with van der Waals surface area (Å²) in [5, 5.41) is 15.6. The summed E-state index contributed by atoms with van der Waals surface area (Å²) in [4.78, 5) is 2.70. The van der Waals surface area contributed by atoms with Crippen LogP contribution in [0.1, 0.15) is 230 Å². The molecule has 0 bridgehead atoms. The van der Waals surface area contributed by atoms with E-state index in [1.165, 1.54) is 188 Å². The van der Waals surface area contributed by atoms with Gasteiger partial charge >= 0.3 is 0 Å². The Morgan fingerprint density at radius 1 is 0.658 bits per heavy atom. The van der Waals surface area contributed by atoms with E-state index < -0.39 is 9.84 Å². The number of aromatic amines is 1. The molecule has 1 N–H and O–H groups in total. The molecule has 8 nitrogen and oxygen atoms in total. The fourth-order valence-electron chi connectivity index (χ4n) is 12.1. The van der Waals surface area contributed by atoms with Crippen molar-refractivity contribution in [1.29, 1.82) is 0 Å². The van der Waals surface area contributed by atoms with Crippen LogP contribution in [-0.4, -0.2) is 53.4 Å². The number of para-hydroxylation sites is 1. The summed E-state index contributed by atoms with van der Waals surface area (Å²) in [7, 11) is -1.45. The number of methoxy groups -OCH3 is 1. The molecule has 0 radical (unpaired) electrons. The molecular weight excluding hydrogens is 919 g/mol. The highest BCUT2D eigenvalue weighted by atomic mass is 32.2. The van der Waals surface area contributed by atoms with E-state index in [-0.39, 0.29) is 16.9 Å². The second kappa shape index (κ2) is 30.1. The van der Waals surface area contributed by atoms with Crippen molar-refractivity contribution in [2.75, 3.05) is 30.1 Å². The standard InChI is InChI=1S/C64H93N5O3S/c1-4-6-8-10-12-14-16-17-18-19-20-21-22-24-26-36-50-68-59(64(48-34-35-49-64)57-47-46-53-39-28-29-40-54(53)62(57)68)44-33-31-42-56-61(55-41-30-32-43-58(55)72-3)67-69-60(65-66-63(56)69)45-38-52-73(70,71)51-37-27-25-23-15-13-11-9-7-5-2/h28-30,32-33,39-44,46-47,67H,4-27,34-38,45,48-52H2,1-3H3. The second-order valence-corrected chi connectivity index (χ2v) is 24.1. The number of sulfone groups is 1. The molecule has 1 saturated carbocycles. The van der Waals surface area contributed by atoms with Crippen LogP contribution in [0.5, 0.6) is 5.75 Å². The van der Waals surface area contributed by atoms with Gasteiger partial charge in [0.2, 0.25) is 0 Å². The van der Waals surface area contributed by atoms with E-state index >= 15 is 0 Å². The van der Waals surface area contributed by atoms with Crippen molar-refractivity contribution in [2.24, 2.45) is 0 Å². The number of benzene rings is 3. The SMILES string of the molecule is CCCCCCCCCCCCCCCCCCN1C(=CC=C=Cc2c(-c3ccccc3OC)[nH]n3c(CCCS(=O)(=O)CCCCCCCCCCCC)nnc23)C2(CCCC2)c2ccc3ccccc3c21. The van der Waals surface area contributed by atoms with Crippen molar-refractivity contribution < 1.29 is 13.2 Å². The van der Waals surface area contributed by atoms with E-state index in [0.717, 1.165) is 67.0 Å². The first-order valence-corrected chi connectivity index (χ1v) is 31.5. The maximum Gasteiger partial charge on any atom is 0.185 e. The molecular formula is C64H93N5O3S. The Labute approximate surface area is 441 Å². The number of ether oxygens (including phenoxy) is 1. The first-order chi connectivity index (χ1) is 35.9. The van der Waals surface area contributed by atoms with Gasteiger partial charge in [-0.15, -0.1) is 15.9 Å². The fraction of sp³-hybridized carbons (Fsp3) is 0.609. The van der Waals surface area contributed by atoms with E-state index in [0.29, 0.717) is 18.5 Å². The molecule has 1 aliphatic heterocycles. The number of fused-ring (bicyclic) bond motifs is 5. The third kappa shape index (κ3) is 15.7. The lowest BCUT2D eigenvalue weighted by Gasteiger charge is -2.30. The monoisotopic (exact) mass is 1010 g/mol. The molecule has 73 heavy (non-hydrogen) atoms. The molecule has 1 aliphatic carbocycles. The lowest BCUT2D eigenvalue weighted by Crippen LogP contribution is -2.29. The van der Waals surface area contributed by atoms with Crippen LogP contribution >= 0.6 is 0 Å². The van der Waals surface area contributed by atoms with Crippen LogP contribution < -0.4 is 9.64 Å². The predicted molar refractivity (Wildman–Crippen MR) is 310 cm³/mol. The number of aryl methyl sites for hydroxylation is 1. The van der Waals surface area contributed by atoms with Gasteiger partial charge in [0.25, 0.3) is 0 Å². The number of hydrogen-bond acceptors (Lipinski definition) is 6. The number of hydrogen-bond donors (Lipinski definition) is 1. The molecule has 9 heteroatoms. The molecule has 2 aromatic heterocycles. The van der Waals surface area contributed by atoms with Crippen molar-refractivity contribution in [3.05, 3.63) is 101 Å². The molecule has 1 spiro atoms. The molecule has 3 aromatic carbocycles. The number of anilines is 1. The van der Waals surface area contributed by atoms with Crippen molar-refractivity contribution in [3.8, 4) is 17.0 Å². The van der Waals surface area contributed by atoms with Gasteiger partial charge < -0.3 is 9.64 Å². The minimum atomic E-state index is -3.14. The van der Waals surface area contributed by atoms with Gasteiger partial charge in [0.05, 0.1) is 35.6 Å². The van der Waals surface area contributed by atoms with Gasteiger partial charge in [0.1, 0.15) is 15.6 Å². The molecule has 0 unspecified atom stereocenters. The van der Waals surface area contributed by atoms with E-state index in [4.69, 9.17) is 9.84 Å². The van der Waals surface area contributed by atoms with Gasteiger partial charge in [-0.25, -0.2) is 12.9 Å². The Bertz CT molecular complexity index is 2630. The van der Waals surface area contributed by atoms with Crippen LogP contribution in [0, 0.1) is 0 Å². The second-order valence-electron chi connectivity index (χ2n) is 21.8. The van der Waals surface area contributed by atoms with Crippen molar-refractivity contribution >= 4 is 38.0 Å². The molecule has 0 amide bonds. The van der Waals surface area contributed by atoms with E-state index in [1.807, 2.05) is 28.8 Å². The third-order valence-electron chi connectivity index (χ3n) is 16.2. The quantitative estimate of drug-likeness (QED) is 0.0317. The van der Waals surface area contributed by atoms with E-state index in [2.05, 4.69) is 89.3 Å². The van der Waals surface area contributed by atoms with Gasteiger partial charge in [0.15, 0.2) is 11.5 Å². The maximum atomic E-state index is 13.1. The van der Waals surface area contributed by atoms with E-state index in [1.54, 1.807) is 7.11 Å². The Morgan fingerprint density at radius 2 is 1.22 bits per heavy atom. The summed E-state index contributed by atoms with van der Waals surface area (Å²) in [6, 6.07) is 21.8. The summed E-state index contributed by atoms with van der Waals surface area (Å²) in [6.07, 6.45) is 46.1. The highest BCUT2D eigenvalue weighted by Crippen LogP contribution is 2.58. The minimum absolute atomic E-state index is 0.000853. The van der Waals surface area contributed by atoms with Crippen LogP contribution in [0.25, 0.3) is 33.8 Å². The number of aromatic nitrogens is 4. The number of unbranched alkanes of at least 4 members (excludes halogenated alkanes) is 24. The van der Waals surface area contributed by atoms with Crippen LogP contribution in [0.2, 0.25) is 0 Å². The van der Waals surface area contributed by atoms with Crippen LogP contribution in [0.3, 0.4) is 0 Å². The highest BCUT2D eigenvalue weighted by Gasteiger charge is 2.48. The smallest absolute Gasteiger partial charge is 0.185 e. The number of nitrogens with one attached hydrogen (secondary N) is 1. The molecule has 3 heterocycles. The van der Waals surface area contributed by atoms with Gasteiger partial charge in [-0.05, 0) is 73.4 Å². The van der Waals surface area contributed by atoms with Crippen LogP contribution in [0.15, 0.2) is 84.2 Å². The number of H-pyrrole nitrogens is 1. The zero-order valence-electron chi connectivity index (χ0n) is 45.7. The van der Waals surface area contributed by atoms with Crippen molar-refractivity contribution in [2.45, 2.75) is 225 Å². The topological polar surface area (TPSA) is 92.6 Å². The third-order valence-corrected chi connectivity index (χ3v) is 18.1. The van der Waals surface area contributed by atoms with Crippen molar-refractivity contribution in [3.63, 3.8) is 0 Å². The molecule has 1 fully saturated rings. The van der Waals surface area contributed by atoms with Gasteiger partial charge in [0, 0.05) is 35.0 Å². The zero-order valence-corrected chi connectivity index (χ0v) is 46.5. The van der Waals surface area contributed by atoms with Crippen LogP contribution in [0.4, 0.5) is 5.69 Å². The average Bonchev–Trinajstić information content (AvgIpc) is 4.20. The number of allylic oxidation sites excluding steroid dienone is 3. The molecule has 398 valence electrons. The summed E-state index contributed by atoms with van der Waals surface area (Å²) in [6.45, 7) is 5.57. The maximum absolute atomic E-state index is 13.1. The minimum Gasteiger partial charge on any atom is -0.496 e. The summed E-state index contributed by atoms with van der Waals surface area (Å²) in [5.74, 6) is 1.89.